The van der Waals surface area contributed by atoms with Gasteiger partial charge in [0.2, 0.25) is 0 Å². The molecule has 1 aromatic rings. The lowest BCUT2D eigenvalue weighted by molar-refractivity contribution is 0.0379. The third kappa shape index (κ3) is 4.95. The standard InChI is InChI=1S/C11H20N2O2/c1-9(2)4-11(3,14)7-12-5-10-6-13-8-15-10/h6,8-9,12,14H,4-5,7H2,1-3H3. The van der Waals surface area contributed by atoms with E-state index in [1.807, 2.05) is 6.92 Å². The molecule has 2 N–H and O–H groups in total. The summed E-state index contributed by atoms with van der Waals surface area (Å²) < 4.78 is 5.07. The van der Waals surface area contributed by atoms with Crippen LogP contribution < -0.4 is 5.32 Å². The molecule has 0 amide bonds. The minimum atomic E-state index is -0.659. The van der Waals surface area contributed by atoms with Crippen molar-refractivity contribution in [2.24, 2.45) is 5.92 Å². The zero-order valence-electron chi connectivity index (χ0n) is 9.66. The van der Waals surface area contributed by atoms with Gasteiger partial charge in [0.15, 0.2) is 6.39 Å². The van der Waals surface area contributed by atoms with Gasteiger partial charge in [0.25, 0.3) is 0 Å². The van der Waals surface area contributed by atoms with E-state index < -0.39 is 5.60 Å². The molecule has 0 aliphatic rings. The van der Waals surface area contributed by atoms with Gasteiger partial charge in [-0.25, -0.2) is 4.98 Å². The number of hydrogen-bond acceptors (Lipinski definition) is 4. The average Bonchev–Trinajstić information content (AvgIpc) is 2.53. The van der Waals surface area contributed by atoms with Crippen molar-refractivity contribution >= 4 is 0 Å². The topological polar surface area (TPSA) is 58.3 Å². The molecular weight excluding hydrogens is 192 g/mol. The monoisotopic (exact) mass is 212 g/mol. The Labute approximate surface area is 90.7 Å². The maximum absolute atomic E-state index is 10.0. The number of oxazole rings is 1. The molecule has 0 aliphatic carbocycles. The lowest BCUT2D eigenvalue weighted by Crippen LogP contribution is -2.38. The van der Waals surface area contributed by atoms with Gasteiger partial charge in [-0.05, 0) is 19.3 Å². The van der Waals surface area contributed by atoms with Gasteiger partial charge < -0.3 is 14.8 Å². The van der Waals surface area contributed by atoms with Crippen molar-refractivity contribution in [3.8, 4) is 0 Å². The van der Waals surface area contributed by atoms with Crippen molar-refractivity contribution < 1.29 is 9.52 Å². The van der Waals surface area contributed by atoms with E-state index in [0.717, 1.165) is 12.2 Å². The predicted molar refractivity (Wildman–Crippen MR) is 58.3 cm³/mol. The number of nitrogens with zero attached hydrogens (tertiary/aromatic N) is 1. The fourth-order valence-corrected chi connectivity index (χ4v) is 1.74. The van der Waals surface area contributed by atoms with Crippen LogP contribution in [0.25, 0.3) is 0 Å². The molecule has 0 radical (unpaired) electrons. The van der Waals surface area contributed by atoms with Crippen molar-refractivity contribution in [3.05, 3.63) is 18.4 Å². The first-order valence-corrected chi connectivity index (χ1v) is 5.30. The molecule has 4 heteroatoms. The van der Waals surface area contributed by atoms with Gasteiger partial charge in [-0.3, -0.25) is 0 Å². The van der Waals surface area contributed by atoms with Gasteiger partial charge in [-0.15, -0.1) is 0 Å². The lowest BCUT2D eigenvalue weighted by atomic mass is 9.94. The maximum atomic E-state index is 10.0. The molecule has 1 atom stereocenters. The molecule has 1 aromatic heterocycles. The Balaban J connectivity index is 2.24. The van der Waals surface area contributed by atoms with Crippen LogP contribution in [0.15, 0.2) is 17.0 Å². The highest BCUT2D eigenvalue weighted by Crippen LogP contribution is 2.15. The summed E-state index contributed by atoms with van der Waals surface area (Å²) in [6.45, 7) is 7.22. The van der Waals surface area contributed by atoms with Gasteiger partial charge in [0.05, 0.1) is 18.3 Å². The smallest absolute Gasteiger partial charge is 0.180 e. The Morgan fingerprint density at radius 3 is 2.87 bits per heavy atom. The molecular formula is C11H20N2O2. The van der Waals surface area contributed by atoms with Crippen molar-refractivity contribution in [2.75, 3.05) is 6.54 Å². The Hall–Kier alpha value is -0.870. The Morgan fingerprint density at radius 1 is 1.60 bits per heavy atom. The molecule has 0 saturated carbocycles. The highest BCUT2D eigenvalue weighted by molar-refractivity contribution is 4.88. The molecule has 0 fully saturated rings. The third-order valence-corrected chi connectivity index (χ3v) is 2.14. The minimum absolute atomic E-state index is 0.493. The van der Waals surface area contributed by atoms with E-state index in [2.05, 4.69) is 24.1 Å². The fourth-order valence-electron chi connectivity index (χ4n) is 1.74. The lowest BCUT2D eigenvalue weighted by Gasteiger charge is -2.25. The van der Waals surface area contributed by atoms with Crippen molar-refractivity contribution in [1.82, 2.24) is 10.3 Å². The average molecular weight is 212 g/mol. The third-order valence-electron chi connectivity index (χ3n) is 2.14. The van der Waals surface area contributed by atoms with Crippen LogP contribution in [0, 0.1) is 5.92 Å². The van der Waals surface area contributed by atoms with E-state index >= 15 is 0 Å². The predicted octanol–water partition coefficient (Wildman–Crippen LogP) is 1.56. The Kier molecular flexibility index (Phi) is 4.29. The van der Waals surface area contributed by atoms with E-state index in [1.165, 1.54) is 6.39 Å². The second kappa shape index (κ2) is 5.28. The SMILES string of the molecule is CC(C)CC(C)(O)CNCc1cnco1. The van der Waals surface area contributed by atoms with Gasteiger partial charge in [0.1, 0.15) is 5.76 Å². The molecule has 0 bridgehead atoms. The van der Waals surface area contributed by atoms with Crippen LogP contribution in [0.3, 0.4) is 0 Å². The largest absolute Gasteiger partial charge is 0.447 e. The summed E-state index contributed by atoms with van der Waals surface area (Å²) in [7, 11) is 0. The number of nitrogens with one attached hydrogen (secondary N) is 1. The molecule has 1 rings (SSSR count). The van der Waals surface area contributed by atoms with Crippen LogP contribution in [0.1, 0.15) is 33.0 Å². The molecule has 0 saturated heterocycles. The molecule has 1 unspecified atom stereocenters. The first-order valence-electron chi connectivity index (χ1n) is 5.30. The van der Waals surface area contributed by atoms with Crippen LogP contribution >= 0.6 is 0 Å². The maximum Gasteiger partial charge on any atom is 0.180 e. The number of aromatic nitrogens is 1. The first-order chi connectivity index (χ1) is 6.99. The molecule has 4 nitrogen and oxygen atoms in total. The van der Waals surface area contributed by atoms with Crippen LogP contribution in [0.2, 0.25) is 0 Å². The minimum Gasteiger partial charge on any atom is -0.447 e. The van der Waals surface area contributed by atoms with Crippen molar-refractivity contribution in [2.45, 2.75) is 39.3 Å². The van der Waals surface area contributed by atoms with Gasteiger partial charge >= 0.3 is 0 Å². The molecule has 0 aromatic carbocycles. The number of hydrogen-bond donors (Lipinski definition) is 2. The fraction of sp³-hybridized carbons (Fsp3) is 0.727. The molecule has 15 heavy (non-hydrogen) atoms. The second-order valence-corrected chi connectivity index (χ2v) is 4.67. The summed E-state index contributed by atoms with van der Waals surface area (Å²) >= 11 is 0. The highest BCUT2D eigenvalue weighted by atomic mass is 16.3. The van der Waals surface area contributed by atoms with Crippen molar-refractivity contribution in [3.63, 3.8) is 0 Å². The van der Waals surface area contributed by atoms with Gasteiger partial charge in [0, 0.05) is 6.54 Å². The van der Waals surface area contributed by atoms with E-state index in [9.17, 15) is 5.11 Å². The molecule has 0 spiro atoms. The van der Waals surface area contributed by atoms with Gasteiger partial charge in [-0.1, -0.05) is 13.8 Å². The zero-order valence-corrected chi connectivity index (χ0v) is 9.66. The summed E-state index contributed by atoms with van der Waals surface area (Å²) in [5, 5.41) is 13.2. The van der Waals surface area contributed by atoms with Crippen molar-refractivity contribution in [1.29, 1.82) is 0 Å². The van der Waals surface area contributed by atoms with E-state index in [4.69, 9.17) is 4.42 Å². The summed E-state index contributed by atoms with van der Waals surface area (Å²) in [6, 6.07) is 0. The van der Waals surface area contributed by atoms with Crippen LogP contribution in [0.5, 0.6) is 0 Å². The Bertz CT molecular complexity index is 268. The van der Waals surface area contributed by atoms with E-state index in [-0.39, 0.29) is 0 Å². The summed E-state index contributed by atoms with van der Waals surface area (Å²) in [5.74, 6) is 1.28. The molecule has 86 valence electrons. The summed E-state index contributed by atoms with van der Waals surface area (Å²) in [5.41, 5.74) is -0.659. The van der Waals surface area contributed by atoms with E-state index in [0.29, 0.717) is 19.0 Å². The first kappa shape index (κ1) is 12.2. The quantitative estimate of drug-likeness (QED) is 0.751. The van der Waals surface area contributed by atoms with Crippen LogP contribution in [-0.4, -0.2) is 22.2 Å². The van der Waals surface area contributed by atoms with E-state index in [1.54, 1.807) is 6.20 Å². The highest BCUT2D eigenvalue weighted by Gasteiger charge is 2.21. The summed E-state index contributed by atoms with van der Waals surface area (Å²) in [4.78, 5) is 3.82. The van der Waals surface area contributed by atoms with Crippen LogP contribution in [-0.2, 0) is 6.54 Å². The summed E-state index contributed by atoms with van der Waals surface area (Å²) in [6.07, 6.45) is 3.86. The normalized spacial score (nSPS) is 15.5. The molecule has 0 aliphatic heterocycles. The number of aliphatic hydroxyl groups is 1. The molecule has 1 heterocycles. The number of rotatable bonds is 6. The van der Waals surface area contributed by atoms with Crippen LogP contribution in [0.4, 0.5) is 0 Å². The zero-order chi connectivity index (χ0) is 11.3. The van der Waals surface area contributed by atoms with Gasteiger partial charge in [-0.2, -0.15) is 0 Å². The second-order valence-electron chi connectivity index (χ2n) is 4.67. The Morgan fingerprint density at radius 2 is 2.33 bits per heavy atom.